The molecule has 1 saturated carbocycles. The maximum Gasteiger partial charge on any atom is 0.422 e. The average Bonchev–Trinajstić information content (AvgIpc) is 3.72. The molecule has 2 aliphatic rings. The van der Waals surface area contributed by atoms with E-state index in [1.807, 2.05) is 0 Å². The molecule has 2 fully saturated rings. The molecular weight excluding hydrogens is 617 g/mol. The molecule has 1 aromatic heterocycles. The van der Waals surface area contributed by atoms with Crippen LogP contribution in [0, 0.1) is 0 Å². The van der Waals surface area contributed by atoms with Gasteiger partial charge >= 0.3 is 12.2 Å². The van der Waals surface area contributed by atoms with Crippen LogP contribution in [0.4, 0.5) is 30.8 Å². The first-order chi connectivity index (χ1) is 20.0. The second-order valence-corrected chi connectivity index (χ2v) is 14.8. The maximum atomic E-state index is 12.8. The van der Waals surface area contributed by atoms with E-state index in [9.17, 15) is 34.8 Å². The van der Waals surface area contributed by atoms with Gasteiger partial charge in [0.25, 0.3) is 5.91 Å². The Hall–Kier alpha value is -3.29. The average molecular weight is 651 g/mol. The van der Waals surface area contributed by atoms with Gasteiger partial charge in [0.1, 0.15) is 4.75 Å². The van der Waals surface area contributed by atoms with Crippen LogP contribution in [0.1, 0.15) is 30.1 Å². The Morgan fingerprint density at radius 1 is 1.02 bits per heavy atom. The third-order valence-corrected chi connectivity index (χ3v) is 10.9. The summed E-state index contributed by atoms with van der Waals surface area (Å²) in [7, 11) is -3.82. The molecule has 1 amide bonds. The van der Waals surface area contributed by atoms with Gasteiger partial charge in [-0.25, -0.2) is 21.6 Å². The standard InChI is InChI=1S/C24H33F3N8O6S2/c1-4-42(37,38)35-13-11-34(12-14-35)21-29-20(30-22(31-21)41-16-24(25,26)27)28-18-7-5-17(6-8-18)19(36)32-43(39,40)23(9-10-23)15-33(2)3/h5-8H,4,9-16H2,1-3H3,(H,32,36)(H,28,29,30,31). The number of sulfonamides is 2. The molecule has 43 heavy (non-hydrogen) atoms. The Kier molecular flexibility index (Phi) is 9.38. The summed E-state index contributed by atoms with van der Waals surface area (Å²) >= 11 is 0. The summed E-state index contributed by atoms with van der Waals surface area (Å²) in [5, 5.41) is 2.82. The maximum absolute atomic E-state index is 12.8. The first-order valence-corrected chi connectivity index (χ1v) is 16.4. The Balaban J connectivity index is 1.48. The number of carbonyl (C=O) groups excluding carboxylic acids is 1. The van der Waals surface area contributed by atoms with E-state index >= 15 is 0 Å². The summed E-state index contributed by atoms with van der Waals surface area (Å²) in [5.41, 5.74) is 0.406. The molecule has 238 valence electrons. The van der Waals surface area contributed by atoms with Gasteiger partial charge in [0.15, 0.2) is 6.61 Å². The quantitative estimate of drug-likeness (QED) is 0.337. The molecule has 2 heterocycles. The molecule has 0 unspecified atom stereocenters. The molecule has 1 saturated heterocycles. The number of anilines is 3. The van der Waals surface area contributed by atoms with E-state index in [1.165, 1.54) is 35.5 Å². The van der Waals surface area contributed by atoms with Crippen molar-refractivity contribution in [2.75, 3.05) is 69.4 Å². The lowest BCUT2D eigenvalue weighted by molar-refractivity contribution is -0.154. The second-order valence-electron chi connectivity index (χ2n) is 10.5. The number of rotatable bonds is 12. The van der Waals surface area contributed by atoms with Crippen molar-refractivity contribution in [1.29, 1.82) is 0 Å². The van der Waals surface area contributed by atoms with E-state index in [4.69, 9.17) is 4.74 Å². The number of nitrogens with zero attached hydrogens (tertiary/aromatic N) is 6. The molecule has 0 bridgehead atoms. The lowest BCUT2D eigenvalue weighted by atomic mass is 10.2. The molecule has 1 aliphatic heterocycles. The molecule has 1 aromatic carbocycles. The summed E-state index contributed by atoms with van der Waals surface area (Å²) in [6.45, 7) is 0.827. The molecule has 14 nitrogen and oxygen atoms in total. The van der Waals surface area contributed by atoms with Crippen LogP contribution in [0.2, 0.25) is 0 Å². The molecule has 1 aliphatic carbocycles. The van der Waals surface area contributed by atoms with Crippen LogP contribution in [0.3, 0.4) is 0 Å². The van der Waals surface area contributed by atoms with Crippen molar-refractivity contribution in [1.82, 2.24) is 28.9 Å². The zero-order valence-corrected chi connectivity index (χ0v) is 25.4. The zero-order chi connectivity index (χ0) is 31.6. The Labute approximate surface area is 247 Å². The van der Waals surface area contributed by atoms with E-state index < -0.39 is 49.5 Å². The predicted molar refractivity (Wildman–Crippen MR) is 151 cm³/mol. The number of nitrogens with one attached hydrogen (secondary N) is 2. The molecule has 4 rings (SSSR count). The first-order valence-electron chi connectivity index (χ1n) is 13.3. The lowest BCUT2D eigenvalue weighted by Crippen LogP contribution is -2.49. The summed E-state index contributed by atoms with van der Waals surface area (Å²) < 4.78 is 95.6. The number of ether oxygens (including phenoxy) is 1. The fourth-order valence-electron chi connectivity index (χ4n) is 4.45. The van der Waals surface area contributed by atoms with Crippen molar-refractivity contribution < 1.29 is 39.5 Å². The SMILES string of the molecule is CCS(=O)(=O)N1CCN(c2nc(Nc3ccc(C(=O)NS(=O)(=O)C4(CN(C)C)CC4)cc3)nc(OCC(F)(F)F)n2)CC1. The number of piperazine rings is 1. The predicted octanol–water partition coefficient (Wildman–Crippen LogP) is 1.18. The summed E-state index contributed by atoms with van der Waals surface area (Å²) in [4.78, 5) is 28.2. The fourth-order valence-corrected chi connectivity index (χ4v) is 7.18. The zero-order valence-electron chi connectivity index (χ0n) is 23.8. The Morgan fingerprint density at radius 3 is 2.19 bits per heavy atom. The highest BCUT2D eigenvalue weighted by Gasteiger charge is 2.55. The number of halogens is 3. The van der Waals surface area contributed by atoms with Crippen LogP contribution in [-0.2, 0) is 20.0 Å². The van der Waals surface area contributed by atoms with Gasteiger partial charge in [-0.15, -0.1) is 0 Å². The van der Waals surface area contributed by atoms with Crippen LogP contribution < -0.4 is 19.7 Å². The smallest absolute Gasteiger partial charge is 0.422 e. The van der Waals surface area contributed by atoms with Crippen molar-refractivity contribution in [2.24, 2.45) is 0 Å². The van der Waals surface area contributed by atoms with Crippen molar-refractivity contribution in [3.05, 3.63) is 29.8 Å². The summed E-state index contributed by atoms with van der Waals surface area (Å²) in [6, 6.07) is 5.04. The van der Waals surface area contributed by atoms with Crippen molar-refractivity contribution >= 4 is 43.5 Å². The topological polar surface area (TPSA) is 167 Å². The fraction of sp³-hybridized carbons (Fsp3) is 0.583. The van der Waals surface area contributed by atoms with Gasteiger partial charge in [-0.3, -0.25) is 4.79 Å². The lowest BCUT2D eigenvalue weighted by Gasteiger charge is -2.33. The van der Waals surface area contributed by atoms with Gasteiger partial charge in [0, 0.05) is 44.0 Å². The van der Waals surface area contributed by atoms with E-state index in [1.54, 1.807) is 23.9 Å². The number of hydrogen-bond donors (Lipinski definition) is 2. The highest BCUT2D eigenvalue weighted by atomic mass is 32.2. The molecule has 19 heteroatoms. The highest BCUT2D eigenvalue weighted by molar-refractivity contribution is 7.91. The normalized spacial score (nSPS) is 17.5. The second kappa shape index (κ2) is 12.4. The van der Waals surface area contributed by atoms with E-state index in [2.05, 4.69) is 25.0 Å². The summed E-state index contributed by atoms with van der Waals surface area (Å²) in [5.74, 6) is -1.04. The number of benzene rings is 1. The van der Waals surface area contributed by atoms with Crippen molar-refractivity contribution in [3.63, 3.8) is 0 Å². The van der Waals surface area contributed by atoms with Crippen LogP contribution in [0.15, 0.2) is 24.3 Å². The van der Waals surface area contributed by atoms with E-state index in [0.29, 0.717) is 18.5 Å². The number of amides is 1. The molecule has 0 spiro atoms. The molecule has 0 radical (unpaired) electrons. The minimum Gasteiger partial charge on any atom is -0.454 e. The van der Waals surface area contributed by atoms with Crippen LogP contribution >= 0.6 is 0 Å². The number of alkyl halides is 3. The minimum absolute atomic E-state index is 0.0174. The molecular formula is C24H33F3N8O6S2. The van der Waals surface area contributed by atoms with Crippen molar-refractivity contribution in [3.8, 4) is 6.01 Å². The van der Waals surface area contributed by atoms with Crippen LogP contribution in [0.5, 0.6) is 6.01 Å². The Morgan fingerprint density at radius 2 is 1.65 bits per heavy atom. The molecule has 2 aromatic rings. The minimum atomic E-state index is -4.64. The molecule has 0 atom stereocenters. The van der Waals surface area contributed by atoms with Gasteiger partial charge in [-0.2, -0.15) is 32.4 Å². The highest BCUT2D eigenvalue weighted by Crippen LogP contribution is 2.43. The van der Waals surface area contributed by atoms with E-state index in [-0.39, 0.29) is 55.9 Å². The molecule has 2 N–H and O–H groups in total. The number of aromatic nitrogens is 3. The van der Waals surface area contributed by atoms with E-state index in [0.717, 1.165) is 0 Å². The van der Waals surface area contributed by atoms with Crippen LogP contribution in [-0.4, -0.2) is 117 Å². The summed E-state index contributed by atoms with van der Waals surface area (Å²) in [6.07, 6.45) is -3.74. The third kappa shape index (κ3) is 8.21. The van der Waals surface area contributed by atoms with Gasteiger partial charge in [-0.1, -0.05) is 0 Å². The van der Waals surface area contributed by atoms with Gasteiger partial charge in [0.2, 0.25) is 31.9 Å². The van der Waals surface area contributed by atoms with Gasteiger partial charge in [-0.05, 0) is 58.1 Å². The van der Waals surface area contributed by atoms with Gasteiger partial charge < -0.3 is 19.9 Å². The van der Waals surface area contributed by atoms with Gasteiger partial charge in [0.05, 0.1) is 5.75 Å². The third-order valence-electron chi connectivity index (χ3n) is 6.86. The number of hydrogen-bond acceptors (Lipinski definition) is 12. The van der Waals surface area contributed by atoms with Crippen molar-refractivity contribution in [2.45, 2.75) is 30.7 Å². The largest absolute Gasteiger partial charge is 0.454 e. The Bertz CT molecular complexity index is 1530. The monoisotopic (exact) mass is 650 g/mol. The number of carbonyl (C=O) groups is 1. The van der Waals surface area contributed by atoms with Crippen LogP contribution in [0.25, 0.3) is 0 Å². The first kappa shape index (κ1) is 32.6.